The van der Waals surface area contributed by atoms with Crippen molar-refractivity contribution in [3.8, 4) is 11.1 Å². The van der Waals surface area contributed by atoms with E-state index in [1.807, 2.05) is 53.1 Å². The number of aromatic nitrogens is 2. The second-order valence-corrected chi connectivity index (χ2v) is 6.43. The fourth-order valence-electron chi connectivity index (χ4n) is 3.19. The van der Waals surface area contributed by atoms with Crippen molar-refractivity contribution >= 4 is 17.3 Å². The van der Waals surface area contributed by atoms with Gasteiger partial charge in [-0.2, -0.15) is 13.2 Å². The number of rotatable bonds is 4. The number of hydrogen-bond donors (Lipinski definition) is 0. The summed E-state index contributed by atoms with van der Waals surface area (Å²) in [6.45, 7) is 0.474. The number of benzene rings is 3. The first-order valence-electron chi connectivity index (χ1n) is 8.63. The first-order valence-corrected chi connectivity index (χ1v) is 8.63. The minimum absolute atomic E-state index is 0.355. The Hall–Kier alpha value is -3.41. The van der Waals surface area contributed by atoms with E-state index in [1.54, 1.807) is 0 Å². The molecule has 1 heterocycles. The summed E-state index contributed by atoms with van der Waals surface area (Å²) >= 11 is 0. The average molecular weight is 380 g/mol. The van der Waals surface area contributed by atoms with E-state index in [0.29, 0.717) is 17.9 Å². The lowest BCUT2D eigenvalue weighted by Crippen LogP contribution is -2.04. The molecule has 1 aromatic heterocycles. The quantitative estimate of drug-likeness (QED) is 0.433. The van der Waals surface area contributed by atoms with Gasteiger partial charge in [-0.05, 0) is 41.0 Å². The first-order chi connectivity index (χ1) is 13.5. The smallest absolute Gasteiger partial charge is 0.317 e. The summed E-state index contributed by atoms with van der Waals surface area (Å²) in [5.74, 6) is 0.355. The molecule has 0 atom stereocenters. The molecule has 0 unspecified atom stereocenters. The lowest BCUT2D eigenvalue weighted by Gasteiger charge is -2.09. The fourth-order valence-corrected chi connectivity index (χ4v) is 3.19. The van der Waals surface area contributed by atoms with Crippen molar-refractivity contribution in [2.45, 2.75) is 12.7 Å². The predicted octanol–water partition coefficient (Wildman–Crippen LogP) is 5.58. The highest BCUT2D eigenvalue weighted by molar-refractivity contribution is 5.83. The van der Waals surface area contributed by atoms with E-state index in [1.165, 1.54) is 12.1 Å². The molecule has 0 N–H and O–H groups in total. The molecular weight excluding hydrogens is 365 g/mol. The lowest BCUT2D eigenvalue weighted by atomic mass is 10.0. The molecule has 0 spiro atoms. The molecule has 0 amide bonds. The molecule has 0 aliphatic heterocycles. The van der Waals surface area contributed by atoms with Gasteiger partial charge in [0.15, 0.2) is 12.1 Å². The molecule has 0 bridgehead atoms. The van der Waals surface area contributed by atoms with Gasteiger partial charge in [-0.1, -0.05) is 48.5 Å². The molecule has 0 aliphatic carbocycles. The molecule has 0 aliphatic rings. The number of imidazole rings is 1. The van der Waals surface area contributed by atoms with Gasteiger partial charge in [0.25, 0.3) is 0 Å². The van der Waals surface area contributed by atoms with E-state index >= 15 is 0 Å². The fraction of sp³-hybridized carbons (Fsp3) is 0.0909. The Morgan fingerprint density at radius 3 is 2.07 bits per heavy atom. The van der Waals surface area contributed by atoms with Crippen LogP contribution < -0.4 is 0 Å². The van der Waals surface area contributed by atoms with Crippen molar-refractivity contribution in [1.29, 1.82) is 0 Å². The van der Waals surface area contributed by atoms with Gasteiger partial charge in [0.05, 0.1) is 16.6 Å². The molecule has 140 valence electrons. The summed E-state index contributed by atoms with van der Waals surface area (Å²) in [7, 11) is 0. The third kappa shape index (κ3) is 3.41. The topological polar surface area (TPSA) is 34.9 Å². The molecule has 0 saturated heterocycles. The molecule has 0 radical (unpaired) electrons. The molecule has 4 aromatic rings. The zero-order valence-corrected chi connectivity index (χ0v) is 14.6. The van der Waals surface area contributed by atoms with E-state index in [9.17, 15) is 18.0 Å². The number of nitrogens with zero attached hydrogens (tertiary/aromatic N) is 2. The van der Waals surface area contributed by atoms with Crippen LogP contribution in [0.3, 0.4) is 0 Å². The maximum Gasteiger partial charge on any atom is 0.416 e. The SMILES string of the molecule is O=Cc1nc2ccccc2n1Cc1ccc(-c2ccc(C(F)(F)F)cc2)cc1. The summed E-state index contributed by atoms with van der Waals surface area (Å²) in [6.07, 6.45) is -3.61. The van der Waals surface area contributed by atoms with Crippen molar-refractivity contribution in [2.24, 2.45) is 0 Å². The highest BCUT2D eigenvalue weighted by Crippen LogP contribution is 2.31. The second kappa shape index (κ2) is 6.96. The number of carbonyl (C=O) groups excluding carboxylic acids is 1. The van der Waals surface area contributed by atoms with E-state index in [-0.39, 0.29) is 0 Å². The van der Waals surface area contributed by atoms with E-state index in [4.69, 9.17) is 0 Å². The third-order valence-corrected chi connectivity index (χ3v) is 4.63. The zero-order valence-electron chi connectivity index (χ0n) is 14.6. The minimum Gasteiger partial charge on any atom is -0.317 e. The Kier molecular flexibility index (Phi) is 4.47. The van der Waals surface area contributed by atoms with E-state index < -0.39 is 11.7 Å². The van der Waals surface area contributed by atoms with Crippen LogP contribution in [-0.4, -0.2) is 15.8 Å². The Balaban J connectivity index is 1.60. The van der Waals surface area contributed by atoms with Crippen LogP contribution in [0.1, 0.15) is 21.7 Å². The van der Waals surface area contributed by atoms with Gasteiger partial charge in [0, 0.05) is 6.54 Å². The molecule has 0 fully saturated rings. The van der Waals surface area contributed by atoms with E-state index in [0.717, 1.165) is 40.6 Å². The van der Waals surface area contributed by atoms with Gasteiger partial charge in [-0.3, -0.25) is 4.79 Å². The van der Waals surface area contributed by atoms with Gasteiger partial charge in [-0.15, -0.1) is 0 Å². The van der Waals surface area contributed by atoms with Gasteiger partial charge in [0.1, 0.15) is 0 Å². The number of carbonyl (C=O) groups is 1. The van der Waals surface area contributed by atoms with Crippen molar-refractivity contribution in [2.75, 3.05) is 0 Å². The van der Waals surface area contributed by atoms with Gasteiger partial charge in [0.2, 0.25) is 0 Å². The predicted molar refractivity (Wildman–Crippen MR) is 101 cm³/mol. The van der Waals surface area contributed by atoms with Gasteiger partial charge >= 0.3 is 6.18 Å². The highest BCUT2D eigenvalue weighted by Gasteiger charge is 2.29. The third-order valence-electron chi connectivity index (χ3n) is 4.63. The molecular formula is C22H15F3N2O. The van der Waals surface area contributed by atoms with Gasteiger partial charge in [-0.25, -0.2) is 4.98 Å². The molecule has 3 nitrogen and oxygen atoms in total. The molecule has 6 heteroatoms. The standard InChI is InChI=1S/C22H15F3N2O/c23-22(24,25)18-11-9-17(10-12-18)16-7-5-15(6-8-16)13-27-20-4-2-1-3-19(20)26-21(27)14-28/h1-12,14H,13H2. The lowest BCUT2D eigenvalue weighted by molar-refractivity contribution is -0.137. The monoisotopic (exact) mass is 380 g/mol. The Morgan fingerprint density at radius 2 is 1.46 bits per heavy atom. The van der Waals surface area contributed by atoms with Crippen LogP contribution in [0.25, 0.3) is 22.2 Å². The number of halogens is 3. The van der Waals surface area contributed by atoms with Crippen LogP contribution in [0.2, 0.25) is 0 Å². The van der Waals surface area contributed by atoms with Crippen molar-refractivity contribution in [3.63, 3.8) is 0 Å². The number of para-hydroxylation sites is 2. The van der Waals surface area contributed by atoms with Crippen molar-refractivity contribution in [1.82, 2.24) is 9.55 Å². The summed E-state index contributed by atoms with van der Waals surface area (Å²) in [4.78, 5) is 15.7. The van der Waals surface area contributed by atoms with Crippen molar-refractivity contribution in [3.05, 3.63) is 89.7 Å². The van der Waals surface area contributed by atoms with Crippen molar-refractivity contribution < 1.29 is 18.0 Å². The molecule has 0 saturated carbocycles. The Labute approximate surface area is 159 Å². The minimum atomic E-state index is -4.34. The average Bonchev–Trinajstić information content (AvgIpc) is 3.06. The van der Waals surface area contributed by atoms with Gasteiger partial charge < -0.3 is 4.57 Å². The maximum absolute atomic E-state index is 12.7. The summed E-state index contributed by atoms with van der Waals surface area (Å²) < 4.78 is 39.9. The number of aldehydes is 1. The van der Waals surface area contributed by atoms with Crippen LogP contribution in [-0.2, 0) is 12.7 Å². The number of hydrogen-bond acceptors (Lipinski definition) is 2. The second-order valence-electron chi connectivity index (χ2n) is 6.43. The molecule has 28 heavy (non-hydrogen) atoms. The Bertz CT molecular complexity index is 1130. The van der Waals surface area contributed by atoms with E-state index in [2.05, 4.69) is 4.98 Å². The summed E-state index contributed by atoms with van der Waals surface area (Å²) in [5, 5.41) is 0. The zero-order chi connectivity index (χ0) is 19.7. The molecule has 3 aromatic carbocycles. The first kappa shape index (κ1) is 18.0. The summed E-state index contributed by atoms with van der Waals surface area (Å²) in [6, 6.07) is 20.1. The number of fused-ring (bicyclic) bond motifs is 1. The Morgan fingerprint density at radius 1 is 0.857 bits per heavy atom. The maximum atomic E-state index is 12.7. The molecule has 4 rings (SSSR count). The highest BCUT2D eigenvalue weighted by atomic mass is 19.4. The normalized spacial score (nSPS) is 11.7. The van der Waals surface area contributed by atoms with Crippen LogP contribution in [0.4, 0.5) is 13.2 Å². The summed E-state index contributed by atoms with van der Waals surface area (Å²) in [5.41, 5.74) is 3.45. The van der Waals surface area contributed by atoms with Crippen LogP contribution in [0.15, 0.2) is 72.8 Å². The van der Waals surface area contributed by atoms with Crippen LogP contribution in [0, 0.1) is 0 Å². The van der Waals surface area contributed by atoms with Crippen LogP contribution in [0.5, 0.6) is 0 Å². The number of alkyl halides is 3. The largest absolute Gasteiger partial charge is 0.416 e. The van der Waals surface area contributed by atoms with Crippen LogP contribution >= 0.6 is 0 Å².